The van der Waals surface area contributed by atoms with Crippen molar-refractivity contribution < 1.29 is 28.5 Å². The van der Waals surface area contributed by atoms with Gasteiger partial charge in [-0.2, -0.15) is 0 Å². The first-order valence-electron chi connectivity index (χ1n) is 17.9. The number of amides is 1. The van der Waals surface area contributed by atoms with E-state index in [1.54, 1.807) is 0 Å². The average Bonchev–Trinajstić information content (AvgIpc) is 3.67. The zero-order valence-electron chi connectivity index (χ0n) is 30.0. The first-order valence-corrected chi connectivity index (χ1v) is 18.9. The molecule has 1 aromatic heterocycles. The molecular weight excluding hydrogens is 697 g/mol. The van der Waals surface area contributed by atoms with Crippen LogP contribution in [0.1, 0.15) is 41.6 Å². The Labute approximate surface area is 319 Å². The van der Waals surface area contributed by atoms with E-state index >= 15 is 0 Å². The van der Waals surface area contributed by atoms with E-state index in [1.165, 1.54) is 17.8 Å². The van der Waals surface area contributed by atoms with Crippen LogP contribution in [0.3, 0.4) is 0 Å². The normalized spacial score (nSPS) is 18.2. The minimum Gasteiger partial charge on any atom is -0.445 e. The number of benzene rings is 5. The number of carbonyl (C=O) groups is 1. The molecule has 1 aliphatic rings. The molecule has 0 aliphatic carbocycles. The van der Waals surface area contributed by atoms with Gasteiger partial charge in [-0.05, 0) is 39.9 Å². The van der Waals surface area contributed by atoms with E-state index in [-0.39, 0.29) is 31.3 Å². The van der Waals surface area contributed by atoms with Gasteiger partial charge in [0.15, 0.2) is 12.1 Å². The zero-order chi connectivity index (χ0) is 37.3. The number of aliphatic hydroxyl groups excluding tert-OH is 1. The number of nitrogens with zero attached hydrogens (tertiary/aromatic N) is 1. The fourth-order valence-corrected chi connectivity index (χ4v) is 7.48. The van der Waals surface area contributed by atoms with Crippen LogP contribution in [-0.2, 0) is 27.4 Å². The van der Waals surface area contributed by atoms with E-state index in [2.05, 4.69) is 31.0 Å². The summed E-state index contributed by atoms with van der Waals surface area (Å²) >= 11 is 1.53. The lowest BCUT2D eigenvalue weighted by atomic mass is 9.91. The van der Waals surface area contributed by atoms with Gasteiger partial charge in [-0.25, -0.2) is 9.78 Å². The third kappa shape index (κ3) is 8.84. The molecule has 2 N–H and O–H groups in total. The monoisotopic (exact) mass is 738 g/mol. The van der Waals surface area contributed by atoms with E-state index in [4.69, 9.17) is 23.6 Å². The number of alkyl carbamates (subject to hydrolysis) is 1. The zero-order valence-corrected chi connectivity index (χ0v) is 30.8. The standard InChI is InChI=1S/C45H42N2O6S/c1-3-24-50-44(49)46-27-32-12-10-17-36(25-32)37-18-11-19-38(26-37)43-51-39(30(2)41(52-43)35-22-20-31(28-48)21-23-35)29-54-45-47-40(33-13-6-4-7-14-33)42(53-45)34-15-8-5-9-16-34/h3-23,25-26,30,39,41,43,48H,1,24,27-29H2,2H3,(H,46,49). The van der Waals surface area contributed by atoms with Gasteiger partial charge in [-0.1, -0.05) is 153 Å². The molecule has 0 saturated carbocycles. The van der Waals surface area contributed by atoms with Crippen LogP contribution in [0.5, 0.6) is 0 Å². The van der Waals surface area contributed by atoms with E-state index in [9.17, 15) is 9.90 Å². The van der Waals surface area contributed by atoms with Gasteiger partial charge in [0, 0.05) is 34.9 Å². The van der Waals surface area contributed by atoms with Crippen LogP contribution in [0.15, 0.2) is 156 Å². The van der Waals surface area contributed by atoms with Gasteiger partial charge < -0.3 is 29.1 Å². The summed E-state index contributed by atoms with van der Waals surface area (Å²) in [6.07, 6.45) is -0.105. The molecule has 8 nitrogen and oxygen atoms in total. The van der Waals surface area contributed by atoms with Gasteiger partial charge in [-0.3, -0.25) is 0 Å². The number of rotatable bonds is 13. The Morgan fingerprint density at radius 3 is 2.22 bits per heavy atom. The van der Waals surface area contributed by atoms with Crippen molar-refractivity contribution in [2.45, 2.75) is 43.8 Å². The van der Waals surface area contributed by atoms with E-state index in [0.717, 1.165) is 56.0 Å². The molecule has 9 heteroatoms. The smallest absolute Gasteiger partial charge is 0.407 e. The highest BCUT2D eigenvalue weighted by molar-refractivity contribution is 7.99. The minimum absolute atomic E-state index is 0.0172. The molecule has 1 amide bonds. The maximum atomic E-state index is 12.0. The van der Waals surface area contributed by atoms with Gasteiger partial charge in [0.05, 0.1) is 18.8 Å². The second-order valence-corrected chi connectivity index (χ2v) is 14.1. The quantitative estimate of drug-likeness (QED) is 0.0892. The summed E-state index contributed by atoms with van der Waals surface area (Å²) in [5, 5.41) is 13.0. The number of hydrogen-bond donors (Lipinski definition) is 2. The molecule has 4 atom stereocenters. The van der Waals surface area contributed by atoms with Crippen molar-refractivity contribution >= 4 is 17.9 Å². The molecule has 274 valence electrons. The molecule has 1 fully saturated rings. The molecule has 7 rings (SSSR count). The third-order valence-corrected chi connectivity index (χ3v) is 10.3. The van der Waals surface area contributed by atoms with Crippen molar-refractivity contribution in [1.82, 2.24) is 10.3 Å². The largest absolute Gasteiger partial charge is 0.445 e. The number of nitrogens with one attached hydrogen (secondary N) is 1. The first-order chi connectivity index (χ1) is 26.5. The van der Waals surface area contributed by atoms with Crippen molar-refractivity contribution in [3.05, 3.63) is 168 Å². The van der Waals surface area contributed by atoms with Crippen LogP contribution in [0.25, 0.3) is 33.7 Å². The summed E-state index contributed by atoms with van der Waals surface area (Å²) in [7, 11) is 0. The number of ether oxygens (including phenoxy) is 3. The molecule has 0 radical (unpaired) electrons. The van der Waals surface area contributed by atoms with Crippen LogP contribution >= 0.6 is 11.8 Å². The molecule has 2 heterocycles. The Balaban J connectivity index is 1.14. The van der Waals surface area contributed by atoms with Crippen molar-refractivity contribution in [3.8, 4) is 33.7 Å². The second kappa shape index (κ2) is 17.6. The van der Waals surface area contributed by atoms with Crippen molar-refractivity contribution in [3.63, 3.8) is 0 Å². The van der Waals surface area contributed by atoms with Crippen molar-refractivity contribution in [2.75, 3.05) is 12.4 Å². The predicted molar refractivity (Wildman–Crippen MR) is 211 cm³/mol. The van der Waals surface area contributed by atoms with Gasteiger partial charge >= 0.3 is 6.09 Å². The topological polar surface area (TPSA) is 103 Å². The Kier molecular flexibility index (Phi) is 12.0. The van der Waals surface area contributed by atoms with Crippen LogP contribution in [-0.4, -0.2) is 34.6 Å². The maximum Gasteiger partial charge on any atom is 0.407 e. The molecule has 6 aromatic rings. The molecule has 1 saturated heterocycles. The average molecular weight is 739 g/mol. The SMILES string of the molecule is C=CCOC(=O)NCc1cccc(-c2cccc(C3OC(CSc4nc(-c5ccccc5)c(-c5ccccc5)o4)C(C)C(c4ccc(CO)cc4)O3)c2)c1. The summed E-state index contributed by atoms with van der Waals surface area (Å²) in [6, 6.07) is 44.2. The van der Waals surface area contributed by atoms with Crippen LogP contribution in [0.4, 0.5) is 4.79 Å². The summed E-state index contributed by atoms with van der Waals surface area (Å²) in [6.45, 7) is 6.18. The van der Waals surface area contributed by atoms with Crippen LogP contribution in [0.2, 0.25) is 0 Å². The number of aliphatic hydroxyl groups is 1. The van der Waals surface area contributed by atoms with Gasteiger partial charge in [0.1, 0.15) is 12.3 Å². The van der Waals surface area contributed by atoms with Crippen molar-refractivity contribution in [2.24, 2.45) is 5.92 Å². The fraction of sp³-hybridized carbons (Fsp3) is 0.200. The van der Waals surface area contributed by atoms with Crippen molar-refractivity contribution in [1.29, 1.82) is 0 Å². The lowest BCUT2D eigenvalue weighted by Crippen LogP contribution is -2.38. The number of aromatic nitrogens is 1. The van der Waals surface area contributed by atoms with E-state index < -0.39 is 12.4 Å². The number of hydrogen-bond acceptors (Lipinski definition) is 8. The predicted octanol–water partition coefficient (Wildman–Crippen LogP) is 10.2. The lowest BCUT2D eigenvalue weighted by Gasteiger charge is -2.41. The minimum atomic E-state index is -0.650. The number of carbonyl (C=O) groups excluding carboxylic acids is 1. The van der Waals surface area contributed by atoms with Gasteiger partial charge in [0.25, 0.3) is 5.22 Å². The fourth-order valence-electron chi connectivity index (χ4n) is 6.49. The molecule has 4 unspecified atom stereocenters. The van der Waals surface area contributed by atoms with E-state index in [0.29, 0.717) is 17.5 Å². The van der Waals surface area contributed by atoms with Gasteiger partial charge in [0.2, 0.25) is 0 Å². The third-order valence-electron chi connectivity index (χ3n) is 9.37. The summed E-state index contributed by atoms with van der Waals surface area (Å²) in [5.74, 6) is 1.30. The highest BCUT2D eigenvalue weighted by atomic mass is 32.2. The Hall–Kier alpha value is -5.45. The lowest BCUT2D eigenvalue weighted by molar-refractivity contribution is -0.268. The molecule has 5 aromatic carbocycles. The van der Waals surface area contributed by atoms with Crippen LogP contribution < -0.4 is 5.32 Å². The molecule has 0 spiro atoms. The number of oxazole rings is 1. The molecule has 1 aliphatic heterocycles. The Morgan fingerprint density at radius 1 is 0.815 bits per heavy atom. The highest BCUT2D eigenvalue weighted by Crippen LogP contribution is 2.44. The Bertz CT molecular complexity index is 2100. The summed E-state index contributed by atoms with van der Waals surface area (Å²) in [5.41, 5.74) is 8.42. The van der Waals surface area contributed by atoms with Crippen LogP contribution in [0, 0.1) is 5.92 Å². The van der Waals surface area contributed by atoms with E-state index in [1.807, 2.05) is 121 Å². The first kappa shape index (κ1) is 36.9. The highest BCUT2D eigenvalue weighted by Gasteiger charge is 2.39. The maximum absolute atomic E-state index is 12.0. The Morgan fingerprint density at radius 2 is 1.50 bits per heavy atom. The molecule has 54 heavy (non-hydrogen) atoms. The molecule has 0 bridgehead atoms. The summed E-state index contributed by atoms with van der Waals surface area (Å²) in [4.78, 5) is 17.0. The molecular formula is C45H42N2O6S. The van der Waals surface area contributed by atoms with Gasteiger partial charge in [-0.15, -0.1) is 0 Å². The second-order valence-electron chi connectivity index (χ2n) is 13.1. The summed E-state index contributed by atoms with van der Waals surface area (Å²) < 4.78 is 25.1. The number of thioether (sulfide) groups is 1.